The Balaban J connectivity index is 0.000000281. The maximum Gasteiger partial charge on any atom is 0.332 e. The van der Waals surface area contributed by atoms with E-state index >= 15 is 0 Å². The molecular formula is C24H27ClN10O7. The molecule has 0 bridgehead atoms. The Morgan fingerprint density at radius 2 is 1.12 bits per heavy atom. The van der Waals surface area contributed by atoms with Crippen molar-refractivity contribution in [3.63, 3.8) is 0 Å². The van der Waals surface area contributed by atoms with Crippen molar-refractivity contribution in [2.75, 3.05) is 17.2 Å². The number of rotatable bonds is 3. The fraction of sp³-hybridized carbons (Fsp3) is 0.167. The highest BCUT2D eigenvalue weighted by Gasteiger charge is 2.12. The van der Waals surface area contributed by atoms with Crippen LogP contribution in [0.3, 0.4) is 0 Å². The number of hydrogen-bond donors (Lipinski definition) is 4. The number of aromatic amines is 1. The van der Waals surface area contributed by atoms with Crippen molar-refractivity contribution in [1.29, 1.82) is 0 Å². The number of aryl methyl sites for hydroxylation is 4. The lowest BCUT2D eigenvalue weighted by Crippen LogP contribution is -2.07. The van der Waals surface area contributed by atoms with Crippen molar-refractivity contribution < 1.29 is 14.8 Å². The molecule has 0 fully saturated rings. The van der Waals surface area contributed by atoms with Crippen molar-refractivity contribution in [3.8, 4) is 0 Å². The van der Waals surface area contributed by atoms with E-state index < -0.39 is 25.9 Å². The molecule has 4 heterocycles. The minimum atomic E-state index is -0.710. The molecule has 0 saturated heterocycles. The van der Waals surface area contributed by atoms with Crippen LogP contribution in [0.5, 0.6) is 0 Å². The highest BCUT2D eigenvalue weighted by atomic mass is 35.5. The first-order valence-electron chi connectivity index (χ1n) is 11.5. The molecule has 0 saturated carbocycles. The number of H-pyrrole nitrogens is 1. The topological polar surface area (TPSA) is 279 Å². The van der Waals surface area contributed by atoms with E-state index in [9.17, 15) is 35.1 Å². The molecule has 0 unspecified atom stereocenters. The first-order chi connectivity index (χ1) is 19.5. The molecule has 0 aliphatic carbocycles. The lowest BCUT2D eigenvalue weighted by Gasteiger charge is -1.97. The summed E-state index contributed by atoms with van der Waals surface area (Å²) < 4.78 is 0. The third kappa shape index (κ3) is 11.2. The van der Waals surface area contributed by atoms with Crippen LogP contribution in [-0.2, 0) is 0 Å². The molecule has 42 heavy (non-hydrogen) atoms. The van der Waals surface area contributed by atoms with E-state index in [0.717, 1.165) is 24.3 Å². The molecule has 4 aromatic heterocycles. The summed E-state index contributed by atoms with van der Waals surface area (Å²) >= 11 is 5.54. The average molecular weight is 603 g/mol. The second kappa shape index (κ2) is 15.8. The molecule has 0 aliphatic rings. The standard InChI is InChI=1S/C6H5ClN2O2.C6H7N3O2.C6H9N3.C6H6N2O3/c2*1-4-2-5(7)6(3-8-4)9(10)11;1-4-2-5(7)6(8)3-9-4;1-4-2-6(9)5(3-7-4)8(10)11/h2-3H,1H3;2-3H,1H3,(H2,7,8);2-3H,8H2,1H3,(H2,7,9);2-3H,1H3,(H,7,9). The Kier molecular flexibility index (Phi) is 12.9. The van der Waals surface area contributed by atoms with Gasteiger partial charge in [0.1, 0.15) is 23.1 Å². The first-order valence-corrected chi connectivity index (χ1v) is 11.9. The average Bonchev–Trinajstić information content (AvgIpc) is 2.87. The van der Waals surface area contributed by atoms with Crippen LogP contribution in [0.1, 0.15) is 22.8 Å². The van der Waals surface area contributed by atoms with Gasteiger partial charge in [0.2, 0.25) is 0 Å². The predicted octanol–water partition coefficient (Wildman–Crippen LogP) is 3.98. The number of nitrogen functional groups attached to an aromatic ring is 3. The summed E-state index contributed by atoms with van der Waals surface area (Å²) in [5.74, 6) is 0. The fourth-order valence-corrected chi connectivity index (χ4v) is 2.96. The van der Waals surface area contributed by atoms with Gasteiger partial charge >= 0.3 is 17.1 Å². The molecule has 17 nitrogen and oxygen atoms in total. The minimum Gasteiger partial charge on any atom is -0.397 e. The van der Waals surface area contributed by atoms with E-state index in [2.05, 4.69) is 19.9 Å². The quantitative estimate of drug-likeness (QED) is 0.191. The SMILES string of the molecule is Cc1cc(=O)c([N+](=O)[O-])c[nH]1.Cc1cc(Cl)c([N+](=O)[O-])cn1.Cc1cc(N)c(N)cn1.Cc1cc(N)c([N+](=O)[O-])cn1. The van der Waals surface area contributed by atoms with Crippen LogP contribution in [0.15, 0.2) is 53.8 Å². The number of nitrogens with zero attached hydrogens (tertiary/aromatic N) is 6. The van der Waals surface area contributed by atoms with Gasteiger partial charge in [-0.2, -0.15) is 0 Å². The molecule has 7 N–H and O–H groups in total. The lowest BCUT2D eigenvalue weighted by molar-refractivity contribution is -0.386. The summed E-state index contributed by atoms with van der Waals surface area (Å²) in [5, 5.41) is 30.7. The minimum absolute atomic E-state index is 0.127. The largest absolute Gasteiger partial charge is 0.397 e. The Morgan fingerprint density at radius 3 is 1.52 bits per heavy atom. The maximum atomic E-state index is 10.8. The Labute approximate surface area is 242 Å². The van der Waals surface area contributed by atoms with Crippen LogP contribution < -0.4 is 22.6 Å². The van der Waals surface area contributed by atoms with Crippen LogP contribution >= 0.6 is 11.6 Å². The zero-order valence-electron chi connectivity index (χ0n) is 22.8. The maximum absolute atomic E-state index is 10.8. The van der Waals surface area contributed by atoms with Crippen LogP contribution in [0.2, 0.25) is 5.02 Å². The summed E-state index contributed by atoms with van der Waals surface area (Å²) in [7, 11) is 0. The van der Waals surface area contributed by atoms with E-state index in [4.69, 9.17) is 28.8 Å². The zero-order valence-corrected chi connectivity index (χ0v) is 23.5. The smallest absolute Gasteiger partial charge is 0.332 e. The van der Waals surface area contributed by atoms with Gasteiger partial charge in [0.25, 0.3) is 5.43 Å². The Bertz CT molecular complexity index is 1590. The molecule has 0 aliphatic heterocycles. The highest BCUT2D eigenvalue weighted by Crippen LogP contribution is 2.22. The van der Waals surface area contributed by atoms with Gasteiger partial charge in [0.15, 0.2) is 0 Å². The van der Waals surface area contributed by atoms with Gasteiger partial charge in [-0.25, -0.2) is 0 Å². The van der Waals surface area contributed by atoms with E-state index in [1.165, 1.54) is 18.2 Å². The second-order valence-electron chi connectivity index (χ2n) is 8.25. The fourth-order valence-electron chi connectivity index (χ4n) is 2.68. The summed E-state index contributed by atoms with van der Waals surface area (Å²) in [6.07, 6.45) is 4.96. The van der Waals surface area contributed by atoms with Gasteiger partial charge < -0.3 is 22.2 Å². The summed E-state index contributed by atoms with van der Waals surface area (Å²) in [5.41, 5.74) is 19.1. The molecule has 222 valence electrons. The molecular weight excluding hydrogens is 576 g/mol. The molecule has 4 aromatic rings. The first kappa shape index (κ1) is 34.3. The lowest BCUT2D eigenvalue weighted by atomic mass is 10.3. The summed E-state index contributed by atoms with van der Waals surface area (Å²) in [4.78, 5) is 53.5. The van der Waals surface area contributed by atoms with Gasteiger partial charge in [0, 0.05) is 28.8 Å². The van der Waals surface area contributed by atoms with Crippen LogP contribution in [0, 0.1) is 58.0 Å². The van der Waals surface area contributed by atoms with Crippen LogP contribution in [-0.4, -0.2) is 34.7 Å². The van der Waals surface area contributed by atoms with Gasteiger partial charge in [0.05, 0.1) is 38.5 Å². The number of halogens is 1. The van der Waals surface area contributed by atoms with Crippen LogP contribution in [0.4, 0.5) is 34.1 Å². The van der Waals surface area contributed by atoms with E-state index in [-0.39, 0.29) is 22.1 Å². The molecule has 0 spiro atoms. The van der Waals surface area contributed by atoms with Crippen molar-refractivity contribution in [1.82, 2.24) is 19.9 Å². The molecule has 18 heteroatoms. The van der Waals surface area contributed by atoms with Gasteiger partial charge in [-0.1, -0.05) is 11.6 Å². The van der Waals surface area contributed by atoms with Gasteiger partial charge in [-0.15, -0.1) is 0 Å². The second-order valence-corrected chi connectivity index (χ2v) is 8.66. The van der Waals surface area contributed by atoms with Gasteiger partial charge in [-0.05, 0) is 45.9 Å². The summed E-state index contributed by atoms with van der Waals surface area (Å²) in [6.45, 7) is 6.97. The highest BCUT2D eigenvalue weighted by molar-refractivity contribution is 6.32. The molecule has 0 atom stereocenters. The Hall–Kier alpha value is -5.71. The van der Waals surface area contributed by atoms with E-state index in [0.29, 0.717) is 28.5 Å². The van der Waals surface area contributed by atoms with Gasteiger partial charge in [-0.3, -0.25) is 50.1 Å². The third-order valence-corrected chi connectivity index (χ3v) is 5.06. The monoisotopic (exact) mass is 602 g/mol. The predicted molar refractivity (Wildman–Crippen MR) is 157 cm³/mol. The van der Waals surface area contributed by atoms with Crippen molar-refractivity contribution >= 4 is 45.7 Å². The molecule has 0 aromatic carbocycles. The van der Waals surface area contributed by atoms with Crippen LogP contribution in [0.25, 0.3) is 0 Å². The number of nitrogens with two attached hydrogens (primary N) is 3. The van der Waals surface area contributed by atoms with Crippen molar-refractivity contribution in [2.45, 2.75) is 27.7 Å². The number of hydrogen-bond acceptors (Lipinski definition) is 13. The zero-order chi connectivity index (χ0) is 32.1. The van der Waals surface area contributed by atoms with Crippen molar-refractivity contribution in [2.24, 2.45) is 0 Å². The molecule has 4 rings (SSSR count). The molecule has 0 radical (unpaired) electrons. The molecule has 0 amide bonds. The number of anilines is 3. The Morgan fingerprint density at radius 1 is 0.667 bits per heavy atom. The number of pyridine rings is 4. The number of nitro groups is 3. The number of nitrogens with one attached hydrogen (secondary N) is 1. The third-order valence-electron chi connectivity index (χ3n) is 4.75. The number of aromatic nitrogens is 4. The van der Waals surface area contributed by atoms with E-state index in [1.807, 2.05) is 6.92 Å². The van der Waals surface area contributed by atoms with E-state index in [1.54, 1.807) is 33.0 Å². The van der Waals surface area contributed by atoms with Crippen molar-refractivity contribution in [3.05, 3.63) is 117 Å². The normalized spacial score (nSPS) is 9.55. The summed E-state index contributed by atoms with van der Waals surface area (Å²) in [6, 6.07) is 5.87.